The highest BCUT2D eigenvalue weighted by Gasteiger charge is 2.24. The molecule has 0 atom stereocenters. The summed E-state index contributed by atoms with van der Waals surface area (Å²) in [5, 5.41) is 4.87. The van der Waals surface area contributed by atoms with Gasteiger partial charge in [0.15, 0.2) is 11.2 Å². The van der Waals surface area contributed by atoms with Gasteiger partial charge in [0, 0.05) is 19.8 Å². The molecule has 5 rings (SSSR count). The van der Waals surface area contributed by atoms with Crippen LogP contribution >= 0.6 is 0 Å². The average molecular weight is 376 g/mol. The predicted octanol–water partition coefficient (Wildman–Crippen LogP) is 1.16. The second-order valence-corrected chi connectivity index (χ2v) is 7.22. The van der Waals surface area contributed by atoms with Crippen molar-refractivity contribution in [1.82, 2.24) is 28.5 Å². The van der Waals surface area contributed by atoms with Crippen LogP contribution in [0.25, 0.3) is 16.9 Å². The van der Waals surface area contributed by atoms with Crippen LogP contribution in [-0.4, -0.2) is 28.5 Å². The molecule has 142 valence electrons. The molecule has 1 aromatic carbocycles. The van der Waals surface area contributed by atoms with Gasteiger partial charge in [-0.15, -0.1) is 0 Å². The number of hydrogen-bond donors (Lipinski definition) is 0. The van der Waals surface area contributed by atoms with Gasteiger partial charge in [-0.25, -0.2) is 14.5 Å². The van der Waals surface area contributed by atoms with Crippen molar-refractivity contribution in [2.24, 2.45) is 14.1 Å². The van der Waals surface area contributed by atoms with Gasteiger partial charge in [-0.05, 0) is 37.0 Å². The third-order valence-corrected chi connectivity index (χ3v) is 5.55. The molecule has 0 aliphatic heterocycles. The third kappa shape index (κ3) is 2.30. The molecule has 0 amide bonds. The topological polar surface area (TPSA) is 79.6 Å². The highest BCUT2D eigenvalue weighted by atomic mass is 16.2. The fraction of sp³-hybridized carbons (Fsp3) is 0.300. The smallest absolute Gasteiger partial charge is 0.319 e. The zero-order valence-corrected chi connectivity index (χ0v) is 15.8. The Hall–Kier alpha value is -3.42. The fourth-order valence-corrected chi connectivity index (χ4v) is 4.10. The molecule has 0 saturated heterocycles. The van der Waals surface area contributed by atoms with E-state index in [1.54, 1.807) is 17.9 Å². The second kappa shape index (κ2) is 6.05. The number of imidazole rings is 1. The van der Waals surface area contributed by atoms with Crippen molar-refractivity contribution in [3.63, 3.8) is 0 Å². The SMILES string of the molecule is Cn1c(=O)c2c(ncn2Cc2nn(-c3ccccc3)c3c2CCC3)n(C)c1=O. The van der Waals surface area contributed by atoms with E-state index in [0.717, 1.165) is 35.2 Å². The molecule has 1 aliphatic carbocycles. The summed E-state index contributed by atoms with van der Waals surface area (Å²) in [4.78, 5) is 29.2. The summed E-state index contributed by atoms with van der Waals surface area (Å²) in [6.07, 6.45) is 4.71. The number of nitrogens with zero attached hydrogens (tertiary/aromatic N) is 6. The largest absolute Gasteiger partial charge is 0.332 e. The number of para-hydroxylation sites is 1. The van der Waals surface area contributed by atoms with E-state index in [0.29, 0.717) is 17.7 Å². The lowest BCUT2D eigenvalue weighted by atomic mass is 10.2. The van der Waals surface area contributed by atoms with Crippen molar-refractivity contribution >= 4 is 11.2 Å². The van der Waals surface area contributed by atoms with Crippen molar-refractivity contribution < 1.29 is 0 Å². The highest BCUT2D eigenvalue weighted by molar-refractivity contribution is 5.70. The Kier molecular flexibility index (Phi) is 3.61. The highest BCUT2D eigenvalue weighted by Crippen LogP contribution is 2.28. The maximum atomic E-state index is 12.7. The summed E-state index contributed by atoms with van der Waals surface area (Å²) < 4.78 is 6.34. The molecule has 3 aromatic heterocycles. The number of aryl methyl sites for hydroxylation is 1. The van der Waals surface area contributed by atoms with Gasteiger partial charge in [0.25, 0.3) is 5.56 Å². The van der Waals surface area contributed by atoms with E-state index in [1.165, 1.54) is 22.9 Å². The van der Waals surface area contributed by atoms with Crippen LogP contribution in [0.15, 0.2) is 46.2 Å². The fourth-order valence-electron chi connectivity index (χ4n) is 4.10. The van der Waals surface area contributed by atoms with E-state index in [9.17, 15) is 9.59 Å². The molecule has 8 heteroatoms. The second-order valence-electron chi connectivity index (χ2n) is 7.22. The van der Waals surface area contributed by atoms with Gasteiger partial charge in [-0.2, -0.15) is 5.10 Å². The predicted molar refractivity (Wildman–Crippen MR) is 105 cm³/mol. The summed E-state index contributed by atoms with van der Waals surface area (Å²) in [5.74, 6) is 0. The summed E-state index contributed by atoms with van der Waals surface area (Å²) in [5.41, 5.74) is 4.59. The van der Waals surface area contributed by atoms with E-state index >= 15 is 0 Å². The first-order chi connectivity index (χ1) is 13.6. The monoisotopic (exact) mass is 376 g/mol. The Morgan fingerprint density at radius 3 is 2.61 bits per heavy atom. The van der Waals surface area contributed by atoms with Crippen LogP contribution < -0.4 is 11.2 Å². The molecule has 0 N–H and O–H groups in total. The van der Waals surface area contributed by atoms with Gasteiger partial charge in [-0.1, -0.05) is 18.2 Å². The zero-order chi connectivity index (χ0) is 19.4. The van der Waals surface area contributed by atoms with Gasteiger partial charge < -0.3 is 4.57 Å². The van der Waals surface area contributed by atoms with E-state index in [1.807, 2.05) is 35.0 Å². The van der Waals surface area contributed by atoms with Gasteiger partial charge in [-0.3, -0.25) is 13.9 Å². The van der Waals surface area contributed by atoms with Crippen molar-refractivity contribution in [2.45, 2.75) is 25.8 Å². The van der Waals surface area contributed by atoms with Crippen molar-refractivity contribution in [2.75, 3.05) is 0 Å². The van der Waals surface area contributed by atoms with Crippen LogP contribution in [0.5, 0.6) is 0 Å². The molecule has 3 heterocycles. The Balaban J connectivity index is 1.66. The minimum atomic E-state index is -0.378. The Bertz CT molecular complexity index is 1320. The van der Waals surface area contributed by atoms with Crippen LogP contribution in [0.2, 0.25) is 0 Å². The molecular formula is C20H20N6O2. The maximum Gasteiger partial charge on any atom is 0.332 e. The Morgan fingerprint density at radius 1 is 1.04 bits per heavy atom. The van der Waals surface area contributed by atoms with Crippen LogP contribution in [0.3, 0.4) is 0 Å². The van der Waals surface area contributed by atoms with E-state index < -0.39 is 0 Å². The lowest BCUT2D eigenvalue weighted by Gasteiger charge is -2.06. The summed E-state index contributed by atoms with van der Waals surface area (Å²) >= 11 is 0. The molecule has 28 heavy (non-hydrogen) atoms. The minimum absolute atomic E-state index is 0.338. The molecule has 4 aromatic rings. The Labute approximate surface area is 160 Å². The van der Waals surface area contributed by atoms with Gasteiger partial charge in [0.05, 0.1) is 24.3 Å². The van der Waals surface area contributed by atoms with Crippen LogP contribution in [-0.2, 0) is 33.5 Å². The number of rotatable bonds is 3. The maximum absolute atomic E-state index is 12.7. The number of aromatic nitrogens is 6. The average Bonchev–Trinajstić information content (AvgIpc) is 3.42. The summed E-state index contributed by atoms with van der Waals surface area (Å²) in [7, 11) is 3.12. The molecule has 8 nitrogen and oxygen atoms in total. The van der Waals surface area contributed by atoms with Gasteiger partial charge in [0.2, 0.25) is 0 Å². The first-order valence-corrected chi connectivity index (χ1v) is 9.32. The number of fused-ring (bicyclic) bond motifs is 2. The quantitative estimate of drug-likeness (QED) is 0.537. The van der Waals surface area contributed by atoms with E-state index in [-0.39, 0.29) is 11.2 Å². The zero-order valence-electron chi connectivity index (χ0n) is 15.8. The lowest BCUT2D eigenvalue weighted by Crippen LogP contribution is -2.37. The van der Waals surface area contributed by atoms with Gasteiger partial charge in [0.1, 0.15) is 0 Å². The molecule has 0 radical (unpaired) electrons. The van der Waals surface area contributed by atoms with Crippen LogP contribution in [0, 0.1) is 0 Å². The van der Waals surface area contributed by atoms with E-state index in [2.05, 4.69) is 4.98 Å². The van der Waals surface area contributed by atoms with Crippen molar-refractivity contribution in [3.05, 3.63) is 74.4 Å². The first kappa shape index (κ1) is 16.7. The lowest BCUT2D eigenvalue weighted by molar-refractivity contribution is 0.695. The summed E-state index contributed by atoms with van der Waals surface area (Å²) in [6.45, 7) is 0.451. The molecule has 1 aliphatic rings. The summed E-state index contributed by atoms with van der Waals surface area (Å²) in [6, 6.07) is 10.1. The number of benzene rings is 1. The van der Waals surface area contributed by atoms with E-state index in [4.69, 9.17) is 5.10 Å². The first-order valence-electron chi connectivity index (χ1n) is 9.32. The van der Waals surface area contributed by atoms with Crippen molar-refractivity contribution in [3.8, 4) is 5.69 Å². The molecule has 0 saturated carbocycles. The molecular weight excluding hydrogens is 356 g/mol. The molecule has 0 fully saturated rings. The molecule has 0 unspecified atom stereocenters. The normalized spacial score (nSPS) is 13.4. The third-order valence-electron chi connectivity index (χ3n) is 5.55. The molecule has 0 bridgehead atoms. The standard InChI is InChI=1S/C20H20N6O2/c1-23-18-17(19(27)24(2)20(23)28)25(12-21-18)11-15-14-9-6-10-16(14)26(22-15)13-7-4-3-5-8-13/h3-5,7-8,12H,6,9-11H2,1-2H3. The van der Waals surface area contributed by atoms with Crippen molar-refractivity contribution in [1.29, 1.82) is 0 Å². The van der Waals surface area contributed by atoms with Crippen LogP contribution in [0.4, 0.5) is 0 Å². The van der Waals surface area contributed by atoms with Crippen LogP contribution in [0.1, 0.15) is 23.4 Å². The number of hydrogen-bond acceptors (Lipinski definition) is 4. The van der Waals surface area contributed by atoms with Gasteiger partial charge >= 0.3 is 5.69 Å². The minimum Gasteiger partial charge on any atom is -0.319 e. The molecule has 0 spiro atoms. The Morgan fingerprint density at radius 2 is 1.82 bits per heavy atom.